The molecule has 1 atom stereocenters. The first-order chi connectivity index (χ1) is 10.6. The fraction of sp³-hybridized carbons (Fsp3) is 0.400. The lowest BCUT2D eigenvalue weighted by molar-refractivity contribution is -0.139. The van der Waals surface area contributed by atoms with Crippen LogP contribution in [0.5, 0.6) is 0 Å². The SMILES string of the molecule is CC(C)(C)OC(=O)N[C@@H](Cc1ccc(N=C(N)N)cc1)C(=O)O. The molecule has 1 aromatic rings. The van der Waals surface area contributed by atoms with Crippen LogP contribution in [-0.4, -0.2) is 34.8 Å². The third-order valence-electron chi connectivity index (χ3n) is 2.62. The van der Waals surface area contributed by atoms with Crippen LogP contribution in [0.3, 0.4) is 0 Å². The molecule has 126 valence electrons. The van der Waals surface area contributed by atoms with Crippen molar-refractivity contribution >= 4 is 23.7 Å². The number of amides is 1. The van der Waals surface area contributed by atoms with Gasteiger partial charge in [-0.2, -0.15) is 0 Å². The van der Waals surface area contributed by atoms with Gasteiger partial charge in [-0.25, -0.2) is 14.6 Å². The van der Waals surface area contributed by atoms with E-state index in [1.54, 1.807) is 45.0 Å². The monoisotopic (exact) mass is 322 g/mol. The van der Waals surface area contributed by atoms with E-state index in [0.717, 1.165) is 0 Å². The number of carbonyl (C=O) groups is 2. The second-order valence-corrected chi connectivity index (χ2v) is 5.94. The Morgan fingerprint density at radius 3 is 2.26 bits per heavy atom. The van der Waals surface area contributed by atoms with Crippen LogP contribution >= 0.6 is 0 Å². The fourth-order valence-electron chi connectivity index (χ4n) is 1.74. The molecule has 8 nitrogen and oxygen atoms in total. The first-order valence-electron chi connectivity index (χ1n) is 6.98. The third-order valence-corrected chi connectivity index (χ3v) is 2.62. The topological polar surface area (TPSA) is 140 Å². The maximum absolute atomic E-state index is 11.7. The lowest BCUT2D eigenvalue weighted by atomic mass is 10.1. The lowest BCUT2D eigenvalue weighted by Gasteiger charge is -2.22. The molecule has 1 aromatic carbocycles. The first-order valence-corrected chi connectivity index (χ1v) is 6.98. The number of carboxylic acids is 1. The van der Waals surface area contributed by atoms with Gasteiger partial charge in [0.25, 0.3) is 0 Å². The highest BCUT2D eigenvalue weighted by Crippen LogP contribution is 2.14. The summed E-state index contributed by atoms with van der Waals surface area (Å²) in [4.78, 5) is 26.9. The van der Waals surface area contributed by atoms with Crippen molar-refractivity contribution in [3.05, 3.63) is 29.8 Å². The highest BCUT2D eigenvalue weighted by Gasteiger charge is 2.24. The van der Waals surface area contributed by atoms with Crippen LogP contribution < -0.4 is 16.8 Å². The average Bonchev–Trinajstić information content (AvgIpc) is 2.37. The van der Waals surface area contributed by atoms with Crippen molar-refractivity contribution in [1.29, 1.82) is 0 Å². The van der Waals surface area contributed by atoms with E-state index in [-0.39, 0.29) is 12.4 Å². The van der Waals surface area contributed by atoms with Crippen molar-refractivity contribution < 1.29 is 19.4 Å². The van der Waals surface area contributed by atoms with E-state index < -0.39 is 23.7 Å². The highest BCUT2D eigenvalue weighted by molar-refractivity contribution is 5.80. The lowest BCUT2D eigenvalue weighted by Crippen LogP contribution is -2.44. The zero-order valence-electron chi connectivity index (χ0n) is 13.4. The number of carbonyl (C=O) groups excluding carboxylic acids is 1. The Labute approximate surface area is 134 Å². The summed E-state index contributed by atoms with van der Waals surface area (Å²) < 4.78 is 5.06. The zero-order chi connectivity index (χ0) is 17.6. The van der Waals surface area contributed by atoms with E-state index in [1.807, 2.05) is 0 Å². The molecule has 0 unspecified atom stereocenters. The van der Waals surface area contributed by atoms with Gasteiger partial charge < -0.3 is 26.6 Å². The summed E-state index contributed by atoms with van der Waals surface area (Å²) in [6.07, 6.45) is -0.668. The molecule has 0 aliphatic heterocycles. The number of aliphatic carboxylic acids is 1. The molecule has 1 rings (SSSR count). The number of benzene rings is 1. The number of carboxylic acid groups (broad SMARTS) is 1. The Bertz CT molecular complexity index is 586. The maximum Gasteiger partial charge on any atom is 0.408 e. The molecule has 0 bridgehead atoms. The third kappa shape index (κ3) is 7.16. The summed E-state index contributed by atoms with van der Waals surface area (Å²) in [6, 6.07) is 5.59. The Morgan fingerprint density at radius 2 is 1.83 bits per heavy atom. The van der Waals surface area contributed by atoms with E-state index in [4.69, 9.17) is 16.2 Å². The van der Waals surface area contributed by atoms with Gasteiger partial charge in [0.1, 0.15) is 11.6 Å². The molecule has 0 radical (unpaired) electrons. The van der Waals surface area contributed by atoms with Crippen LogP contribution in [0.1, 0.15) is 26.3 Å². The van der Waals surface area contributed by atoms with E-state index in [0.29, 0.717) is 11.3 Å². The van der Waals surface area contributed by atoms with Gasteiger partial charge in [0.15, 0.2) is 5.96 Å². The number of hydrogen-bond donors (Lipinski definition) is 4. The largest absolute Gasteiger partial charge is 0.480 e. The molecule has 0 spiro atoms. The van der Waals surface area contributed by atoms with Crippen molar-refractivity contribution in [3.8, 4) is 0 Å². The van der Waals surface area contributed by atoms with E-state index in [2.05, 4.69) is 10.3 Å². The number of hydrogen-bond acceptors (Lipinski definition) is 4. The number of aliphatic imine (C=N–C) groups is 1. The number of rotatable bonds is 5. The molecule has 8 heteroatoms. The van der Waals surface area contributed by atoms with Gasteiger partial charge in [-0.15, -0.1) is 0 Å². The molecule has 0 saturated carbocycles. The number of nitrogens with two attached hydrogens (primary N) is 2. The summed E-state index contributed by atoms with van der Waals surface area (Å²) in [5.74, 6) is -1.21. The zero-order valence-corrected chi connectivity index (χ0v) is 13.4. The predicted molar refractivity (Wildman–Crippen MR) is 86.4 cm³/mol. The molecule has 0 fully saturated rings. The van der Waals surface area contributed by atoms with Crippen molar-refractivity contribution in [3.63, 3.8) is 0 Å². The number of guanidine groups is 1. The number of nitrogens with zero attached hydrogens (tertiary/aromatic N) is 1. The van der Waals surface area contributed by atoms with Gasteiger partial charge >= 0.3 is 12.1 Å². The smallest absolute Gasteiger partial charge is 0.408 e. The quantitative estimate of drug-likeness (QED) is 0.473. The van der Waals surface area contributed by atoms with Crippen LogP contribution in [0, 0.1) is 0 Å². The first kappa shape index (κ1) is 18.3. The van der Waals surface area contributed by atoms with Crippen LogP contribution in [0.4, 0.5) is 10.5 Å². The van der Waals surface area contributed by atoms with Crippen LogP contribution in [-0.2, 0) is 16.0 Å². The summed E-state index contributed by atoms with van der Waals surface area (Å²) in [6.45, 7) is 5.10. The molecule has 6 N–H and O–H groups in total. The molecule has 0 saturated heterocycles. The van der Waals surface area contributed by atoms with Crippen molar-refractivity contribution in [2.24, 2.45) is 16.5 Å². The van der Waals surface area contributed by atoms with E-state index >= 15 is 0 Å². The molecule has 0 aliphatic rings. The summed E-state index contributed by atoms with van der Waals surface area (Å²) in [7, 11) is 0. The fourth-order valence-corrected chi connectivity index (χ4v) is 1.74. The molecule has 0 aromatic heterocycles. The number of ether oxygens (including phenoxy) is 1. The van der Waals surface area contributed by atoms with Gasteiger partial charge in [0.05, 0.1) is 5.69 Å². The Hall–Kier alpha value is -2.77. The van der Waals surface area contributed by atoms with Gasteiger partial charge in [0.2, 0.25) is 0 Å². The van der Waals surface area contributed by atoms with E-state index in [9.17, 15) is 14.7 Å². The molecule has 0 aliphatic carbocycles. The Balaban J connectivity index is 2.75. The van der Waals surface area contributed by atoms with Gasteiger partial charge in [-0.05, 0) is 38.5 Å². The van der Waals surface area contributed by atoms with Crippen molar-refractivity contribution in [2.75, 3.05) is 0 Å². The van der Waals surface area contributed by atoms with Crippen molar-refractivity contribution in [1.82, 2.24) is 5.32 Å². The molecule has 1 amide bonds. The predicted octanol–water partition coefficient (Wildman–Crippen LogP) is 1.11. The number of alkyl carbamates (subject to hydrolysis) is 1. The minimum Gasteiger partial charge on any atom is -0.480 e. The molecular weight excluding hydrogens is 300 g/mol. The Morgan fingerprint density at radius 1 is 1.26 bits per heavy atom. The second-order valence-electron chi connectivity index (χ2n) is 5.94. The average molecular weight is 322 g/mol. The van der Waals surface area contributed by atoms with Crippen molar-refractivity contribution in [2.45, 2.75) is 38.8 Å². The maximum atomic E-state index is 11.7. The Kier molecular flexibility index (Phi) is 5.94. The molecule has 0 heterocycles. The highest BCUT2D eigenvalue weighted by atomic mass is 16.6. The summed E-state index contributed by atoms with van der Waals surface area (Å²) >= 11 is 0. The summed E-state index contributed by atoms with van der Waals surface area (Å²) in [5, 5.41) is 11.6. The minimum absolute atomic E-state index is 0.0623. The summed E-state index contributed by atoms with van der Waals surface area (Å²) in [5.41, 5.74) is 11.1. The second kappa shape index (κ2) is 7.48. The normalized spacial score (nSPS) is 12.1. The molecular formula is C15H22N4O4. The van der Waals surface area contributed by atoms with Crippen LogP contribution in [0.2, 0.25) is 0 Å². The standard InChI is InChI=1S/C15H22N4O4/c1-15(2,3)23-14(22)19-11(12(20)21)8-9-4-6-10(7-5-9)18-13(16)17/h4-7,11H,8H2,1-3H3,(H,19,22)(H,20,21)(H4,16,17,18)/t11-/m0/s1. The van der Waals surface area contributed by atoms with Gasteiger partial charge in [0, 0.05) is 6.42 Å². The number of nitrogens with one attached hydrogen (secondary N) is 1. The molecule has 23 heavy (non-hydrogen) atoms. The van der Waals surface area contributed by atoms with Gasteiger partial charge in [-0.1, -0.05) is 12.1 Å². The van der Waals surface area contributed by atoms with Crippen LogP contribution in [0.25, 0.3) is 0 Å². The van der Waals surface area contributed by atoms with Gasteiger partial charge in [-0.3, -0.25) is 0 Å². The minimum atomic E-state index is -1.15. The van der Waals surface area contributed by atoms with Crippen LogP contribution in [0.15, 0.2) is 29.3 Å². The van der Waals surface area contributed by atoms with E-state index in [1.165, 1.54) is 0 Å².